The summed E-state index contributed by atoms with van der Waals surface area (Å²) in [4.78, 5) is 46.4. The van der Waals surface area contributed by atoms with Crippen molar-refractivity contribution in [2.24, 2.45) is 0 Å². The van der Waals surface area contributed by atoms with Gasteiger partial charge in [0.05, 0.1) is 17.2 Å². The molecule has 0 heterocycles. The normalized spacial score (nSPS) is 11.3. The van der Waals surface area contributed by atoms with Crippen LogP contribution in [0.25, 0.3) is 0 Å². The highest BCUT2D eigenvalue weighted by Gasteiger charge is 2.16. The number of carbonyl (C=O) groups excluding carboxylic acids is 2. The van der Waals surface area contributed by atoms with Gasteiger partial charge in [0, 0.05) is 22.7 Å². The SMILES string of the molecule is CC(Sc1cccc(NC(=O)CCC(=O)O)c1)C(=O)Nc1cccc(C(=O)O)c1. The molecule has 0 saturated carbocycles. The number of thioether (sulfide) groups is 1. The number of aliphatic carboxylic acids is 1. The zero-order valence-electron chi connectivity index (χ0n) is 15.5. The maximum Gasteiger partial charge on any atom is 0.335 e. The molecule has 4 N–H and O–H groups in total. The molecule has 29 heavy (non-hydrogen) atoms. The second kappa shape index (κ2) is 10.3. The fourth-order valence-electron chi connectivity index (χ4n) is 2.32. The summed E-state index contributed by atoms with van der Waals surface area (Å²) in [5, 5.41) is 22.5. The van der Waals surface area contributed by atoms with E-state index in [1.807, 2.05) is 0 Å². The lowest BCUT2D eigenvalue weighted by Gasteiger charge is -2.13. The molecule has 1 atom stereocenters. The van der Waals surface area contributed by atoms with Crippen LogP contribution >= 0.6 is 11.8 Å². The molecule has 8 nitrogen and oxygen atoms in total. The number of anilines is 2. The molecule has 152 valence electrons. The number of carboxylic acids is 2. The molecule has 0 aromatic heterocycles. The van der Waals surface area contributed by atoms with Crippen molar-refractivity contribution < 1.29 is 29.4 Å². The zero-order valence-corrected chi connectivity index (χ0v) is 16.4. The Morgan fingerprint density at radius 1 is 0.931 bits per heavy atom. The summed E-state index contributed by atoms with van der Waals surface area (Å²) >= 11 is 1.27. The zero-order chi connectivity index (χ0) is 21.4. The Morgan fingerprint density at radius 2 is 1.59 bits per heavy atom. The molecule has 0 aliphatic carbocycles. The molecule has 0 aliphatic heterocycles. The van der Waals surface area contributed by atoms with E-state index >= 15 is 0 Å². The standard InChI is InChI=1S/C20H20N2O6S/c1-12(19(26)22-14-5-2-4-13(10-14)20(27)28)29-16-7-3-6-15(11-16)21-17(23)8-9-18(24)25/h2-7,10-12H,8-9H2,1H3,(H,21,23)(H,22,26)(H,24,25)(H,27,28). The summed E-state index contributed by atoms with van der Waals surface area (Å²) in [5.74, 6) is -2.82. The Bertz CT molecular complexity index is 931. The van der Waals surface area contributed by atoms with Gasteiger partial charge in [0.25, 0.3) is 0 Å². The van der Waals surface area contributed by atoms with Crippen LogP contribution in [0.1, 0.15) is 30.1 Å². The lowest BCUT2D eigenvalue weighted by Crippen LogP contribution is -2.22. The molecule has 0 saturated heterocycles. The van der Waals surface area contributed by atoms with Crippen LogP contribution in [0.3, 0.4) is 0 Å². The third-order valence-electron chi connectivity index (χ3n) is 3.74. The van der Waals surface area contributed by atoms with Crippen LogP contribution in [0.5, 0.6) is 0 Å². The molecule has 2 aromatic carbocycles. The summed E-state index contributed by atoms with van der Waals surface area (Å²) < 4.78 is 0. The second-order valence-electron chi connectivity index (χ2n) is 6.11. The Hall–Kier alpha value is -3.33. The minimum absolute atomic E-state index is 0.0782. The number of rotatable bonds is 9. The van der Waals surface area contributed by atoms with Crippen LogP contribution in [0.2, 0.25) is 0 Å². The number of nitrogens with one attached hydrogen (secondary N) is 2. The molecule has 0 spiro atoms. The topological polar surface area (TPSA) is 133 Å². The molecular weight excluding hydrogens is 396 g/mol. The maximum absolute atomic E-state index is 12.4. The van der Waals surface area contributed by atoms with Gasteiger partial charge in [-0.3, -0.25) is 14.4 Å². The minimum Gasteiger partial charge on any atom is -0.481 e. The molecular formula is C20H20N2O6S. The number of benzene rings is 2. The first-order chi connectivity index (χ1) is 13.7. The number of hydrogen-bond donors (Lipinski definition) is 4. The molecule has 2 aromatic rings. The van der Waals surface area contributed by atoms with Crippen molar-refractivity contribution in [3.63, 3.8) is 0 Å². The van der Waals surface area contributed by atoms with Gasteiger partial charge in [0.2, 0.25) is 11.8 Å². The van der Waals surface area contributed by atoms with Crippen LogP contribution < -0.4 is 10.6 Å². The van der Waals surface area contributed by atoms with Gasteiger partial charge in [0.15, 0.2) is 0 Å². The monoisotopic (exact) mass is 416 g/mol. The Balaban J connectivity index is 1.96. The van der Waals surface area contributed by atoms with E-state index in [4.69, 9.17) is 10.2 Å². The predicted molar refractivity (Wildman–Crippen MR) is 109 cm³/mol. The first-order valence-electron chi connectivity index (χ1n) is 8.67. The van der Waals surface area contributed by atoms with Gasteiger partial charge in [-0.15, -0.1) is 11.8 Å². The third kappa shape index (κ3) is 7.30. The molecule has 0 bridgehead atoms. The molecule has 0 radical (unpaired) electrons. The van der Waals surface area contributed by atoms with E-state index in [0.717, 1.165) is 4.90 Å². The van der Waals surface area contributed by atoms with Gasteiger partial charge >= 0.3 is 11.9 Å². The van der Waals surface area contributed by atoms with Crippen molar-refractivity contribution >= 4 is 46.9 Å². The van der Waals surface area contributed by atoms with Crippen LogP contribution in [-0.2, 0) is 14.4 Å². The summed E-state index contributed by atoms with van der Waals surface area (Å²) in [7, 11) is 0. The van der Waals surface area contributed by atoms with Gasteiger partial charge in [-0.2, -0.15) is 0 Å². The number of amides is 2. The molecule has 2 rings (SSSR count). The third-order valence-corrected chi connectivity index (χ3v) is 4.84. The van der Waals surface area contributed by atoms with E-state index < -0.39 is 23.1 Å². The first kappa shape index (κ1) is 22.0. The van der Waals surface area contributed by atoms with E-state index in [-0.39, 0.29) is 24.3 Å². The van der Waals surface area contributed by atoms with Crippen molar-refractivity contribution in [1.29, 1.82) is 0 Å². The van der Waals surface area contributed by atoms with Gasteiger partial charge in [-0.25, -0.2) is 4.79 Å². The number of carbonyl (C=O) groups is 4. The largest absolute Gasteiger partial charge is 0.481 e. The van der Waals surface area contributed by atoms with Crippen LogP contribution in [0.15, 0.2) is 53.4 Å². The second-order valence-corrected chi connectivity index (χ2v) is 7.52. The first-order valence-corrected chi connectivity index (χ1v) is 9.55. The average molecular weight is 416 g/mol. The Labute approximate surface area is 171 Å². The lowest BCUT2D eigenvalue weighted by molar-refractivity contribution is -0.138. The van der Waals surface area contributed by atoms with Gasteiger partial charge in [0.1, 0.15) is 0 Å². The summed E-state index contributed by atoms with van der Waals surface area (Å²) in [6, 6.07) is 12.8. The Kier molecular flexibility index (Phi) is 7.79. The quantitative estimate of drug-likeness (QED) is 0.461. The summed E-state index contributed by atoms with van der Waals surface area (Å²) in [6.45, 7) is 1.71. The number of aromatic carboxylic acids is 1. The maximum atomic E-state index is 12.4. The molecule has 0 aliphatic rings. The Morgan fingerprint density at radius 3 is 2.24 bits per heavy atom. The van der Waals surface area contributed by atoms with E-state index in [1.165, 1.54) is 23.9 Å². The van der Waals surface area contributed by atoms with Crippen molar-refractivity contribution in [2.75, 3.05) is 10.6 Å². The summed E-state index contributed by atoms with van der Waals surface area (Å²) in [5.41, 5.74) is 0.975. The highest BCUT2D eigenvalue weighted by atomic mass is 32.2. The van der Waals surface area contributed by atoms with E-state index in [0.29, 0.717) is 11.4 Å². The minimum atomic E-state index is -1.08. The highest BCUT2D eigenvalue weighted by Crippen LogP contribution is 2.27. The van der Waals surface area contributed by atoms with Gasteiger partial charge < -0.3 is 20.8 Å². The van der Waals surface area contributed by atoms with Crippen molar-refractivity contribution in [3.05, 3.63) is 54.1 Å². The van der Waals surface area contributed by atoms with Gasteiger partial charge in [-0.1, -0.05) is 12.1 Å². The lowest BCUT2D eigenvalue weighted by atomic mass is 10.2. The summed E-state index contributed by atoms with van der Waals surface area (Å²) in [6.07, 6.45) is -0.374. The fourth-order valence-corrected chi connectivity index (χ4v) is 3.25. The predicted octanol–water partition coefficient (Wildman–Crippen LogP) is 3.31. The average Bonchev–Trinajstić information content (AvgIpc) is 2.66. The highest BCUT2D eigenvalue weighted by molar-refractivity contribution is 8.00. The van der Waals surface area contributed by atoms with E-state index in [2.05, 4.69) is 10.6 Å². The molecule has 1 unspecified atom stereocenters. The number of hydrogen-bond acceptors (Lipinski definition) is 5. The van der Waals surface area contributed by atoms with E-state index in [1.54, 1.807) is 43.3 Å². The van der Waals surface area contributed by atoms with E-state index in [9.17, 15) is 19.2 Å². The molecule has 9 heteroatoms. The smallest absolute Gasteiger partial charge is 0.335 e. The van der Waals surface area contributed by atoms with Crippen molar-refractivity contribution in [2.45, 2.75) is 29.9 Å². The molecule has 2 amide bonds. The van der Waals surface area contributed by atoms with Crippen LogP contribution in [0, 0.1) is 0 Å². The van der Waals surface area contributed by atoms with Crippen molar-refractivity contribution in [1.82, 2.24) is 0 Å². The van der Waals surface area contributed by atoms with Gasteiger partial charge in [-0.05, 0) is 43.3 Å². The molecule has 0 fully saturated rings. The number of carboxylic acid groups (broad SMARTS) is 2. The fraction of sp³-hybridized carbons (Fsp3) is 0.200. The van der Waals surface area contributed by atoms with Crippen molar-refractivity contribution in [3.8, 4) is 0 Å². The van der Waals surface area contributed by atoms with Crippen LogP contribution in [0.4, 0.5) is 11.4 Å². The van der Waals surface area contributed by atoms with Crippen LogP contribution in [-0.4, -0.2) is 39.2 Å².